The first-order valence-corrected chi connectivity index (χ1v) is 13.3. The van der Waals surface area contributed by atoms with Gasteiger partial charge in [0.2, 0.25) is 0 Å². The van der Waals surface area contributed by atoms with Gasteiger partial charge in [-0.2, -0.15) is 0 Å². The monoisotopic (exact) mass is 493 g/mol. The summed E-state index contributed by atoms with van der Waals surface area (Å²) in [6.07, 6.45) is 7.57. The first-order chi connectivity index (χ1) is 15.4. The summed E-state index contributed by atoms with van der Waals surface area (Å²) in [6, 6.07) is 0. The molecular formula is C26H39NO4S2. The van der Waals surface area contributed by atoms with E-state index in [-0.39, 0.29) is 17.6 Å². The molecular weight excluding hydrogens is 454 g/mol. The minimum Gasteiger partial charge on any atom is -0.457 e. The summed E-state index contributed by atoms with van der Waals surface area (Å²) in [5.41, 5.74) is 2.95. The molecule has 1 aliphatic heterocycles. The van der Waals surface area contributed by atoms with E-state index < -0.39 is 29.0 Å². The second-order valence-corrected chi connectivity index (χ2v) is 12.7. The summed E-state index contributed by atoms with van der Waals surface area (Å²) < 4.78 is 5.24. The van der Waals surface area contributed by atoms with Gasteiger partial charge in [-0.1, -0.05) is 37.6 Å². The second-order valence-electron chi connectivity index (χ2n) is 9.57. The molecule has 1 aromatic heterocycles. The third-order valence-electron chi connectivity index (χ3n) is 6.03. The smallest absolute Gasteiger partial charge is 0.309 e. The van der Waals surface area contributed by atoms with E-state index >= 15 is 0 Å². The van der Waals surface area contributed by atoms with Gasteiger partial charge in [0, 0.05) is 27.7 Å². The molecule has 0 fully saturated rings. The minimum atomic E-state index is -0.896. The molecule has 7 heteroatoms. The number of cyclic esters (lactones) is 1. The van der Waals surface area contributed by atoms with Crippen molar-refractivity contribution in [2.24, 2.45) is 5.92 Å². The summed E-state index contributed by atoms with van der Waals surface area (Å²) in [6.45, 7) is 13.8. The highest BCUT2D eigenvalue weighted by atomic mass is 32.2. The molecule has 5 nitrogen and oxygen atoms in total. The van der Waals surface area contributed by atoms with Crippen molar-refractivity contribution in [3.63, 3.8) is 0 Å². The average molecular weight is 494 g/mol. The van der Waals surface area contributed by atoms with Gasteiger partial charge in [-0.05, 0) is 52.7 Å². The SMILES string of the molecule is CC1=CC[C@@H](C(C)=Cc2csc(C)n2)OC(=O)C[C@H](O)C(C)(C)S[C@H](C)[C@@H](O)[C@@H](C)C=CC1. The number of hydrogen-bond donors (Lipinski definition) is 2. The Bertz CT molecular complexity index is 887. The first-order valence-electron chi connectivity index (χ1n) is 11.5. The zero-order chi connectivity index (χ0) is 24.8. The summed E-state index contributed by atoms with van der Waals surface area (Å²) in [4.78, 5) is 17.3. The van der Waals surface area contributed by atoms with Gasteiger partial charge in [0.05, 0.1) is 29.3 Å². The van der Waals surface area contributed by atoms with Crippen LogP contribution in [0.15, 0.2) is 34.8 Å². The number of rotatable bonds is 2. The molecule has 0 saturated carbocycles. The molecule has 2 heterocycles. The van der Waals surface area contributed by atoms with Crippen molar-refractivity contribution >= 4 is 35.1 Å². The molecule has 33 heavy (non-hydrogen) atoms. The highest BCUT2D eigenvalue weighted by molar-refractivity contribution is 8.01. The van der Waals surface area contributed by atoms with Crippen molar-refractivity contribution in [2.45, 2.75) is 96.0 Å². The van der Waals surface area contributed by atoms with Crippen molar-refractivity contribution in [3.8, 4) is 0 Å². The Hall–Kier alpha value is -1.41. The Balaban J connectivity index is 2.31. The van der Waals surface area contributed by atoms with E-state index in [9.17, 15) is 15.0 Å². The Morgan fingerprint density at radius 2 is 1.97 bits per heavy atom. The maximum absolute atomic E-state index is 12.8. The Morgan fingerprint density at radius 1 is 1.27 bits per heavy atom. The fourth-order valence-corrected chi connectivity index (χ4v) is 5.89. The molecule has 0 radical (unpaired) electrons. The molecule has 0 aliphatic carbocycles. The lowest BCUT2D eigenvalue weighted by molar-refractivity contribution is -0.149. The molecule has 1 aromatic rings. The molecule has 2 rings (SSSR count). The molecule has 184 valence electrons. The van der Waals surface area contributed by atoms with Gasteiger partial charge in [0.25, 0.3) is 0 Å². The van der Waals surface area contributed by atoms with Crippen molar-refractivity contribution in [1.29, 1.82) is 0 Å². The van der Waals surface area contributed by atoms with E-state index in [2.05, 4.69) is 30.1 Å². The van der Waals surface area contributed by atoms with Crippen molar-refractivity contribution in [2.75, 3.05) is 0 Å². The number of carbonyl (C=O) groups is 1. The first kappa shape index (κ1) is 27.8. The van der Waals surface area contributed by atoms with Crippen LogP contribution in [0, 0.1) is 12.8 Å². The van der Waals surface area contributed by atoms with Crippen LogP contribution >= 0.6 is 23.1 Å². The topological polar surface area (TPSA) is 79.7 Å². The molecule has 1 aliphatic rings. The number of aryl methyl sites for hydroxylation is 1. The van der Waals surface area contributed by atoms with Gasteiger partial charge < -0.3 is 14.9 Å². The molecule has 0 bridgehead atoms. The van der Waals surface area contributed by atoms with Crippen LogP contribution in [0.1, 0.15) is 71.5 Å². The summed E-state index contributed by atoms with van der Waals surface area (Å²) in [7, 11) is 0. The normalized spacial score (nSPS) is 30.6. The van der Waals surface area contributed by atoms with Crippen LogP contribution in [0.3, 0.4) is 0 Å². The average Bonchev–Trinajstić information content (AvgIpc) is 3.13. The third-order valence-corrected chi connectivity index (χ3v) is 8.35. The number of ether oxygens (including phenoxy) is 1. The van der Waals surface area contributed by atoms with Crippen molar-refractivity contribution < 1.29 is 19.7 Å². The third kappa shape index (κ3) is 8.71. The van der Waals surface area contributed by atoms with Crippen molar-refractivity contribution in [1.82, 2.24) is 4.98 Å². The fraction of sp³-hybridized carbons (Fsp3) is 0.615. The lowest BCUT2D eigenvalue weighted by atomic mass is 10.00. The molecule has 5 atom stereocenters. The lowest BCUT2D eigenvalue weighted by Crippen LogP contribution is -2.40. The van der Waals surface area contributed by atoms with E-state index in [4.69, 9.17) is 4.74 Å². The summed E-state index contributed by atoms with van der Waals surface area (Å²) in [5, 5.41) is 24.5. The Morgan fingerprint density at radius 3 is 2.61 bits per heavy atom. The molecule has 0 aromatic carbocycles. The van der Waals surface area contributed by atoms with Gasteiger partial charge in [-0.15, -0.1) is 23.1 Å². The molecule has 0 saturated heterocycles. The number of nitrogens with zero attached hydrogens (tertiary/aromatic N) is 1. The number of hydrogen-bond acceptors (Lipinski definition) is 7. The number of aliphatic hydroxyl groups excluding tert-OH is 2. The summed E-state index contributed by atoms with van der Waals surface area (Å²) >= 11 is 3.08. The van der Waals surface area contributed by atoms with E-state index in [1.807, 2.05) is 53.0 Å². The quantitative estimate of drug-likeness (QED) is 0.406. The Kier molecular flexibility index (Phi) is 10.4. The number of thioether (sulfide) groups is 1. The Labute approximate surface area is 207 Å². The largest absolute Gasteiger partial charge is 0.457 e. The standard InChI is InChI=1S/C26H39NO4S2/c1-16-9-8-10-17(2)25(30)19(4)33-26(6,7)23(28)14-24(29)31-22(12-11-16)18(3)13-21-15-32-20(5)27-21/h8,10-11,13,15,17,19,22-23,25,28,30H,9,12,14H2,1-7H3/t17-,19+,22-,23-,25-/m0/s1. The van der Waals surface area contributed by atoms with Crippen LogP contribution < -0.4 is 0 Å². The molecule has 0 amide bonds. The van der Waals surface area contributed by atoms with E-state index in [0.717, 1.165) is 22.7 Å². The number of carbonyl (C=O) groups excluding carboxylic acids is 1. The predicted octanol–water partition coefficient (Wildman–Crippen LogP) is 5.71. The van der Waals surface area contributed by atoms with Crippen LogP contribution in [-0.4, -0.2) is 49.5 Å². The molecule has 0 spiro atoms. The van der Waals surface area contributed by atoms with Crippen LogP contribution in [0.5, 0.6) is 0 Å². The minimum absolute atomic E-state index is 0.00870. The lowest BCUT2D eigenvalue weighted by Gasteiger charge is -2.35. The maximum atomic E-state index is 12.8. The van der Waals surface area contributed by atoms with Crippen molar-refractivity contribution in [3.05, 3.63) is 45.5 Å². The zero-order valence-corrected chi connectivity index (χ0v) is 22.5. The van der Waals surface area contributed by atoms with Gasteiger partial charge in [-0.25, -0.2) is 4.98 Å². The van der Waals surface area contributed by atoms with Crippen LogP contribution in [-0.2, 0) is 9.53 Å². The second kappa shape index (κ2) is 12.3. The highest BCUT2D eigenvalue weighted by Gasteiger charge is 2.35. The molecule has 0 unspecified atom stereocenters. The number of thiazole rings is 1. The van der Waals surface area contributed by atoms with Crippen LogP contribution in [0.2, 0.25) is 0 Å². The maximum Gasteiger partial charge on any atom is 0.309 e. The predicted molar refractivity (Wildman–Crippen MR) is 139 cm³/mol. The summed E-state index contributed by atoms with van der Waals surface area (Å²) in [5.74, 6) is -0.436. The number of aliphatic hydroxyl groups is 2. The van der Waals surface area contributed by atoms with Gasteiger partial charge >= 0.3 is 5.97 Å². The van der Waals surface area contributed by atoms with Crippen LogP contribution in [0.25, 0.3) is 6.08 Å². The number of allylic oxidation sites excluding steroid dienone is 2. The zero-order valence-electron chi connectivity index (χ0n) is 20.9. The van der Waals surface area contributed by atoms with Gasteiger partial charge in [0.1, 0.15) is 6.10 Å². The van der Waals surface area contributed by atoms with Gasteiger partial charge in [0.15, 0.2) is 0 Å². The highest BCUT2D eigenvalue weighted by Crippen LogP contribution is 2.36. The number of aromatic nitrogens is 1. The number of esters is 1. The fourth-order valence-electron chi connectivity index (χ4n) is 3.74. The van der Waals surface area contributed by atoms with Gasteiger partial charge in [-0.3, -0.25) is 4.79 Å². The molecule has 2 N–H and O–H groups in total. The van der Waals surface area contributed by atoms with E-state index in [1.54, 1.807) is 11.3 Å². The van der Waals surface area contributed by atoms with Crippen LogP contribution in [0.4, 0.5) is 0 Å². The van der Waals surface area contributed by atoms with E-state index in [1.165, 1.54) is 17.3 Å². The van der Waals surface area contributed by atoms with E-state index in [0.29, 0.717) is 6.42 Å².